The van der Waals surface area contributed by atoms with Gasteiger partial charge in [0.15, 0.2) is 0 Å². The van der Waals surface area contributed by atoms with Crippen LogP contribution < -0.4 is 9.62 Å². The van der Waals surface area contributed by atoms with Gasteiger partial charge in [-0.05, 0) is 56.5 Å². The Labute approximate surface area is 208 Å². The molecule has 1 N–H and O–H groups in total. The lowest BCUT2D eigenvalue weighted by atomic mass is 10.1. The van der Waals surface area contributed by atoms with E-state index in [-0.39, 0.29) is 37.4 Å². The van der Waals surface area contributed by atoms with Crippen LogP contribution in [-0.4, -0.2) is 50.0 Å². The molecule has 2 amide bonds. The number of hydrogen-bond acceptors (Lipinski definition) is 4. The lowest BCUT2D eigenvalue weighted by Crippen LogP contribution is -2.49. The monoisotopic (exact) mass is 507 g/mol. The maximum Gasteiger partial charge on any atom is 0.242 e. The van der Waals surface area contributed by atoms with Crippen molar-refractivity contribution in [1.29, 1.82) is 0 Å². The second-order valence-corrected chi connectivity index (χ2v) is 10.8. The van der Waals surface area contributed by atoms with Crippen molar-refractivity contribution in [3.63, 3.8) is 0 Å². The van der Waals surface area contributed by atoms with Gasteiger partial charge in [0, 0.05) is 30.6 Å². The second-order valence-electron chi connectivity index (χ2n) is 8.42. The Kier molecular flexibility index (Phi) is 10.4. The molecule has 2 aromatic carbocycles. The topological polar surface area (TPSA) is 86.8 Å². The van der Waals surface area contributed by atoms with Gasteiger partial charge in [0.1, 0.15) is 6.04 Å². The van der Waals surface area contributed by atoms with Gasteiger partial charge in [0.25, 0.3) is 0 Å². The molecular formula is C25H34ClN3O4S. The average Bonchev–Trinajstić information content (AvgIpc) is 2.79. The smallest absolute Gasteiger partial charge is 0.242 e. The standard InChI is InChI=1S/C25H34ClN3O4S/c1-5-19(2)27-25(31)20(3)28(18-21-11-9-12-22(26)17-21)24(30)15-10-16-29(34(4,32)33)23-13-7-6-8-14-23/h6-9,11-14,17,19-20H,5,10,15-16,18H2,1-4H3,(H,27,31)/t19-,20+/m0/s1. The molecular weight excluding hydrogens is 474 g/mol. The van der Waals surface area contributed by atoms with E-state index in [4.69, 9.17) is 11.6 Å². The van der Waals surface area contributed by atoms with E-state index in [0.29, 0.717) is 17.1 Å². The van der Waals surface area contributed by atoms with Crippen molar-refractivity contribution in [2.45, 2.75) is 58.7 Å². The molecule has 0 unspecified atom stereocenters. The van der Waals surface area contributed by atoms with Gasteiger partial charge >= 0.3 is 0 Å². The fourth-order valence-corrected chi connectivity index (χ4v) is 4.66. The van der Waals surface area contributed by atoms with Gasteiger partial charge in [0.2, 0.25) is 21.8 Å². The lowest BCUT2D eigenvalue weighted by Gasteiger charge is -2.30. The zero-order valence-electron chi connectivity index (χ0n) is 20.2. The zero-order valence-corrected chi connectivity index (χ0v) is 21.8. The highest BCUT2D eigenvalue weighted by Crippen LogP contribution is 2.19. The van der Waals surface area contributed by atoms with Gasteiger partial charge < -0.3 is 10.2 Å². The number of amides is 2. The van der Waals surface area contributed by atoms with Crippen LogP contribution in [-0.2, 0) is 26.2 Å². The molecule has 186 valence electrons. The number of para-hydroxylation sites is 1. The number of halogens is 1. The van der Waals surface area contributed by atoms with Crippen LogP contribution >= 0.6 is 11.6 Å². The molecule has 0 fully saturated rings. The van der Waals surface area contributed by atoms with Crippen molar-refractivity contribution in [3.05, 3.63) is 65.2 Å². The maximum atomic E-state index is 13.2. The molecule has 0 aliphatic heterocycles. The minimum Gasteiger partial charge on any atom is -0.352 e. The molecule has 2 atom stereocenters. The molecule has 0 bridgehead atoms. The van der Waals surface area contributed by atoms with Gasteiger partial charge in [-0.3, -0.25) is 13.9 Å². The lowest BCUT2D eigenvalue weighted by molar-refractivity contribution is -0.140. The number of carbonyl (C=O) groups is 2. The highest BCUT2D eigenvalue weighted by molar-refractivity contribution is 7.92. The molecule has 9 heteroatoms. The summed E-state index contributed by atoms with van der Waals surface area (Å²) in [7, 11) is -3.51. The van der Waals surface area contributed by atoms with E-state index in [9.17, 15) is 18.0 Å². The zero-order chi connectivity index (χ0) is 25.3. The minimum absolute atomic E-state index is 0.00716. The predicted octanol–water partition coefficient (Wildman–Crippen LogP) is 4.22. The summed E-state index contributed by atoms with van der Waals surface area (Å²) >= 11 is 6.11. The first-order valence-electron chi connectivity index (χ1n) is 11.4. The van der Waals surface area contributed by atoms with Crippen LogP contribution in [0.15, 0.2) is 54.6 Å². The van der Waals surface area contributed by atoms with E-state index in [1.54, 1.807) is 49.4 Å². The summed E-state index contributed by atoms with van der Waals surface area (Å²) in [5.41, 5.74) is 1.36. The van der Waals surface area contributed by atoms with E-state index in [1.165, 1.54) is 9.21 Å². The molecule has 34 heavy (non-hydrogen) atoms. The number of benzene rings is 2. The Morgan fingerprint density at radius 1 is 1.06 bits per heavy atom. The molecule has 2 aromatic rings. The molecule has 0 heterocycles. The van der Waals surface area contributed by atoms with Crippen molar-refractivity contribution in [2.24, 2.45) is 0 Å². The highest BCUT2D eigenvalue weighted by atomic mass is 35.5. The molecule has 2 rings (SSSR count). The third kappa shape index (κ3) is 8.33. The minimum atomic E-state index is -3.51. The van der Waals surface area contributed by atoms with Crippen molar-refractivity contribution in [2.75, 3.05) is 17.1 Å². The quantitative estimate of drug-likeness (QED) is 0.466. The van der Waals surface area contributed by atoms with Gasteiger partial charge in [-0.25, -0.2) is 8.42 Å². The Morgan fingerprint density at radius 2 is 1.74 bits per heavy atom. The molecule has 7 nitrogen and oxygen atoms in total. The summed E-state index contributed by atoms with van der Waals surface area (Å²) in [5, 5.41) is 3.48. The molecule has 0 saturated carbocycles. The Balaban J connectivity index is 2.15. The first-order chi connectivity index (χ1) is 16.0. The van der Waals surface area contributed by atoms with Crippen molar-refractivity contribution in [3.8, 4) is 0 Å². The van der Waals surface area contributed by atoms with E-state index < -0.39 is 16.1 Å². The predicted molar refractivity (Wildman–Crippen MR) is 137 cm³/mol. The first kappa shape index (κ1) is 27.7. The SMILES string of the molecule is CC[C@H](C)NC(=O)[C@@H](C)N(Cc1cccc(Cl)c1)C(=O)CCCN(c1ccccc1)S(C)(=O)=O. The molecule has 0 saturated heterocycles. The van der Waals surface area contributed by atoms with Crippen molar-refractivity contribution in [1.82, 2.24) is 10.2 Å². The number of carbonyl (C=O) groups excluding carboxylic acids is 2. The fourth-order valence-electron chi connectivity index (χ4n) is 3.48. The molecule has 0 spiro atoms. The highest BCUT2D eigenvalue weighted by Gasteiger charge is 2.27. The van der Waals surface area contributed by atoms with Gasteiger partial charge in [-0.1, -0.05) is 48.9 Å². The van der Waals surface area contributed by atoms with E-state index in [2.05, 4.69) is 5.32 Å². The van der Waals surface area contributed by atoms with Crippen LogP contribution in [0, 0.1) is 0 Å². The van der Waals surface area contributed by atoms with Gasteiger partial charge in [-0.2, -0.15) is 0 Å². The molecule has 0 aliphatic rings. The normalized spacial score (nSPS) is 13.1. The Bertz CT molecular complexity index is 1060. The van der Waals surface area contributed by atoms with E-state index >= 15 is 0 Å². The number of hydrogen-bond donors (Lipinski definition) is 1. The third-order valence-corrected chi connectivity index (χ3v) is 7.04. The van der Waals surface area contributed by atoms with Crippen molar-refractivity contribution < 1.29 is 18.0 Å². The van der Waals surface area contributed by atoms with Crippen LogP contribution in [0.3, 0.4) is 0 Å². The third-order valence-electron chi connectivity index (χ3n) is 5.61. The average molecular weight is 508 g/mol. The second kappa shape index (κ2) is 12.8. The van der Waals surface area contributed by atoms with Crippen molar-refractivity contribution >= 4 is 39.1 Å². The van der Waals surface area contributed by atoms with Crippen LogP contribution in [0.5, 0.6) is 0 Å². The largest absolute Gasteiger partial charge is 0.352 e. The van der Waals surface area contributed by atoms with Gasteiger partial charge in [-0.15, -0.1) is 0 Å². The summed E-state index contributed by atoms with van der Waals surface area (Å²) in [5.74, 6) is -0.458. The number of nitrogens with one attached hydrogen (secondary N) is 1. The van der Waals surface area contributed by atoms with E-state index in [0.717, 1.165) is 18.2 Å². The summed E-state index contributed by atoms with van der Waals surface area (Å²) in [4.78, 5) is 27.6. The maximum absolute atomic E-state index is 13.2. The van der Waals surface area contributed by atoms with E-state index in [1.807, 2.05) is 26.0 Å². The summed E-state index contributed by atoms with van der Waals surface area (Å²) in [6.07, 6.45) is 2.34. The van der Waals surface area contributed by atoms with Crippen LogP contribution in [0.1, 0.15) is 45.6 Å². The fraction of sp³-hybridized carbons (Fsp3) is 0.440. The Morgan fingerprint density at radius 3 is 2.32 bits per heavy atom. The molecule has 0 aromatic heterocycles. The Hall–Kier alpha value is -2.58. The number of rotatable bonds is 12. The van der Waals surface area contributed by atoms with Crippen LogP contribution in [0.25, 0.3) is 0 Å². The van der Waals surface area contributed by atoms with Crippen LogP contribution in [0.2, 0.25) is 5.02 Å². The molecule has 0 aliphatic carbocycles. The molecule has 0 radical (unpaired) electrons. The summed E-state index contributed by atoms with van der Waals surface area (Å²) < 4.78 is 25.9. The number of sulfonamides is 1. The summed E-state index contributed by atoms with van der Waals surface area (Å²) in [6.45, 7) is 5.98. The van der Waals surface area contributed by atoms with Crippen LogP contribution in [0.4, 0.5) is 5.69 Å². The number of nitrogens with zero attached hydrogens (tertiary/aromatic N) is 2. The summed E-state index contributed by atoms with van der Waals surface area (Å²) in [6, 6.07) is 15.2. The van der Waals surface area contributed by atoms with Gasteiger partial charge in [0.05, 0.1) is 11.9 Å². The number of anilines is 1. The first-order valence-corrected chi connectivity index (χ1v) is 13.6.